The number of carbonyl (C=O) groups is 2. The molecule has 0 saturated carbocycles. The fourth-order valence-corrected chi connectivity index (χ4v) is 15.9. The number of aliphatic hydroxyl groups is 4. The maximum atomic E-state index is 12.7. The van der Waals surface area contributed by atoms with Gasteiger partial charge < -0.3 is 40.2 Å². The van der Waals surface area contributed by atoms with Crippen molar-refractivity contribution in [2.45, 2.75) is 165 Å². The maximum Gasteiger partial charge on any atom is 0.313 e. The lowest BCUT2D eigenvalue weighted by Gasteiger charge is -2.42. The summed E-state index contributed by atoms with van der Waals surface area (Å²) in [5, 5.41) is 56.2. The number of carboxylic acid groups (broad SMARTS) is 1. The minimum Gasteiger partial charge on any atom is -0.481 e. The Morgan fingerprint density at radius 2 is 0.689 bits per heavy atom. The molecule has 12 rings (SSSR count). The molecule has 0 radical (unpaired) electrons. The van der Waals surface area contributed by atoms with E-state index < -0.39 is 34.3 Å². The summed E-state index contributed by atoms with van der Waals surface area (Å²) in [7, 11) is 0. The Bertz CT molecular complexity index is 4060. The number of piperidine rings is 3. The van der Waals surface area contributed by atoms with Crippen molar-refractivity contribution in [1.29, 1.82) is 0 Å². The van der Waals surface area contributed by atoms with Gasteiger partial charge >= 0.3 is 5.97 Å². The highest BCUT2D eigenvalue weighted by molar-refractivity contribution is 5.96. The summed E-state index contributed by atoms with van der Waals surface area (Å²) in [4.78, 5) is 31.5. The van der Waals surface area contributed by atoms with Crippen molar-refractivity contribution < 1.29 is 35.1 Å². The Morgan fingerprint density at radius 1 is 0.387 bits per heavy atom. The molecule has 0 aliphatic carbocycles. The number of carbonyl (C=O) groups excluding carboxylic acids is 1. The van der Waals surface area contributed by atoms with Gasteiger partial charge in [0.05, 0.1) is 11.5 Å². The molecule has 106 heavy (non-hydrogen) atoms. The van der Waals surface area contributed by atoms with Crippen LogP contribution in [0.15, 0.2) is 255 Å². The number of aliphatic carboxylic acids is 1. The molecule has 3 saturated heterocycles. The molecule has 10 nitrogen and oxygen atoms in total. The fraction of sp³-hybridized carbons (Fsp3) is 0.396. The summed E-state index contributed by atoms with van der Waals surface area (Å²) >= 11 is 0. The van der Waals surface area contributed by atoms with Crippen LogP contribution in [0.2, 0.25) is 0 Å². The average Bonchev–Trinajstić information content (AvgIpc) is 0.762. The Labute approximate surface area is 633 Å². The van der Waals surface area contributed by atoms with Crippen molar-refractivity contribution in [2.24, 2.45) is 17.8 Å². The highest BCUT2D eigenvalue weighted by Crippen LogP contribution is 2.45. The van der Waals surface area contributed by atoms with Gasteiger partial charge in [-0.3, -0.25) is 9.59 Å². The van der Waals surface area contributed by atoms with Crippen molar-refractivity contribution in [3.63, 3.8) is 0 Å². The van der Waals surface area contributed by atoms with E-state index in [2.05, 4.69) is 129 Å². The van der Waals surface area contributed by atoms with Crippen LogP contribution in [-0.4, -0.2) is 111 Å². The molecular weight excluding hydrogens is 1310 g/mol. The van der Waals surface area contributed by atoms with Crippen LogP contribution in [-0.2, 0) is 37.8 Å². The van der Waals surface area contributed by atoms with Crippen LogP contribution in [0.3, 0.4) is 0 Å². The van der Waals surface area contributed by atoms with E-state index >= 15 is 0 Å². The number of hydrogen-bond acceptors (Lipinski definition) is 9. The smallest absolute Gasteiger partial charge is 0.313 e. The number of nitrogens with zero attached hydrogens (tertiary/aromatic N) is 3. The Hall–Kier alpha value is -8.60. The zero-order chi connectivity index (χ0) is 75.4. The first kappa shape index (κ1) is 80.0. The summed E-state index contributed by atoms with van der Waals surface area (Å²) in [6.45, 7) is 25.2. The topological polar surface area (TPSA) is 145 Å². The van der Waals surface area contributed by atoms with Gasteiger partial charge in [-0.2, -0.15) is 0 Å². The Balaban J connectivity index is 0.000000170. The molecule has 3 aliphatic rings. The normalized spacial score (nSPS) is 15.9. The summed E-state index contributed by atoms with van der Waals surface area (Å²) in [5.74, 6) is 6.53. The quantitative estimate of drug-likeness (QED) is 0.0310. The predicted octanol–water partition coefficient (Wildman–Crippen LogP) is 18.5. The van der Waals surface area contributed by atoms with E-state index in [4.69, 9.17) is 0 Å². The van der Waals surface area contributed by atoms with E-state index in [0.29, 0.717) is 12.8 Å². The minimum atomic E-state index is -1.01. The molecule has 0 bridgehead atoms. The van der Waals surface area contributed by atoms with Gasteiger partial charge in [0, 0.05) is 30.5 Å². The number of ketones is 1. The molecule has 3 fully saturated rings. The van der Waals surface area contributed by atoms with Crippen LogP contribution < -0.4 is 0 Å². The standard InChI is InChI=1S/C32H39NO4.C32H39NO2.C32H37NO/c1-31(2,30(35)36)25-17-15-24(16-18-25)29(34)14-9-21-33-22-19-28(20-23-33)32(37,26-10-5-3-6-11-26)27-12-7-4-8-13-27;1-31(2,3)26-18-16-25(17-19-26)30(34)15-10-22-33-23-20-29(21-24-33)32(35,27-11-6-4-7-12-27)28-13-8-5-9-14-28;1-31(2,3)27-19-17-26(18-20-27)12-10-11-23-33-24-21-30(22-25-33)32(34,28-13-6-4-7-14-28)29-15-8-5-9-16-29/h3-8,10-13,15-18,28-29,34,37H,9,14,19-23H2,1-2H3,(H,35,36);4-9,11-14,16-19,29,35H,10,15,20-24H2,1-3H3;4-9,13-20,30,34H,11,21-25H2,1-3H3. The lowest BCUT2D eigenvalue weighted by molar-refractivity contribution is -0.142. The number of rotatable bonds is 23. The van der Waals surface area contributed by atoms with Gasteiger partial charge in [-0.1, -0.05) is 296 Å². The minimum absolute atomic E-state index is 0.0981. The van der Waals surface area contributed by atoms with Crippen LogP contribution >= 0.6 is 0 Å². The number of carboxylic acids is 1. The van der Waals surface area contributed by atoms with Crippen LogP contribution in [0.1, 0.15) is 204 Å². The molecule has 3 heterocycles. The second-order valence-electron chi connectivity index (χ2n) is 32.3. The highest BCUT2D eigenvalue weighted by atomic mass is 16.4. The monoisotopic (exact) mass is 1420 g/mol. The third kappa shape index (κ3) is 20.3. The number of Topliss-reactive ketones (excluding diaryl/α,β-unsaturated/α-hetero) is 1. The molecule has 9 aromatic rings. The van der Waals surface area contributed by atoms with Crippen LogP contribution in [0.4, 0.5) is 0 Å². The number of benzene rings is 9. The number of aliphatic hydroxyl groups excluding tert-OH is 1. The van der Waals surface area contributed by atoms with Gasteiger partial charge in [-0.15, -0.1) is 0 Å². The van der Waals surface area contributed by atoms with Crippen LogP contribution in [0.25, 0.3) is 0 Å². The average molecular weight is 1420 g/mol. The van der Waals surface area contributed by atoms with Crippen LogP contribution in [0, 0.1) is 29.6 Å². The van der Waals surface area contributed by atoms with Gasteiger partial charge in [0.15, 0.2) is 5.78 Å². The third-order valence-electron chi connectivity index (χ3n) is 22.8. The van der Waals surface area contributed by atoms with Crippen molar-refractivity contribution in [3.05, 3.63) is 322 Å². The molecule has 10 heteroatoms. The second kappa shape index (κ2) is 36.8. The maximum absolute atomic E-state index is 12.7. The molecular formula is C96H115N3O7. The van der Waals surface area contributed by atoms with E-state index in [1.165, 1.54) is 11.1 Å². The molecule has 1 unspecified atom stereocenters. The molecule has 5 N–H and O–H groups in total. The molecule has 556 valence electrons. The van der Waals surface area contributed by atoms with Gasteiger partial charge in [-0.05, 0) is 220 Å². The predicted molar refractivity (Wildman–Crippen MR) is 432 cm³/mol. The molecule has 0 spiro atoms. The fourth-order valence-electron chi connectivity index (χ4n) is 15.9. The van der Waals surface area contributed by atoms with Crippen molar-refractivity contribution in [3.8, 4) is 11.8 Å². The first-order chi connectivity index (χ1) is 50.9. The summed E-state index contributed by atoms with van der Waals surface area (Å²) in [6.07, 6.45) is 8.89. The van der Waals surface area contributed by atoms with E-state index in [0.717, 1.165) is 172 Å². The van der Waals surface area contributed by atoms with E-state index in [-0.39, 0.29) is 34.4 Å². The van der Waals surface area contributed by atoms with E-state index in [1.807, 2.05) is 182 Å². The lowest BCUT2D eigenvalue weighted by Crippen LogP contribution is -2.44. The van der Waals surface area contributed by atoms with Gasteiger partial charge in [-0.25, -0.2) is 0 Å². The highest BCUT2D eigenvalue weighted by Gasteiger charge is 2.44. The zero-order valence-electron chi connectivity index (χ0n) is 64.1. The lowest BCUT2D eigenvalue weighted by atomic mass is 9.72. The first-order valence-corrected chi connectivity index (χ1v) is 38.8. The second-order valence-corrected chi connectivity index (χ2v) is 32.3. The van der Waals surface area contributed by atoms with E-state index in [1.54, 1.807) is 26.0 Å². The largest absolute Gasteiger partial charge is 0.481 e. The third-order valence-corrected chi connectivity index (χ3v) is 22.8. The number of hydrogen-bond donors (Lipinski definition) is 5. The SMILES string of the molecule is CC(C)(C(=O)O)c1ccc(C(O)CCCN2CCC(C(O)(c3ccccc3)c3ccccc3)CC2)cc1.CC(C)(C)c1ccc(C#CCCN2CCC(C(O)(c3ccccc3)c3ccccc3)CC2)cc1.CC(C)(C)c1ccc(C(=O)CCCN2CCC(C(O)(c3ccccc3)c3ccccc3)CC2)cc1. The molecule has 1 atom stereocenters. The van der Waals surface area contributed by atoms with E-state index in [9.17, 15) is 35.1 Å². The molecule has 0 amide bonds. The van der Waals surface area contributed by atoms with Gasteiger partial charge in [0.2, 0.25) is 0 Å². The molecule has 9 aromatic carbocycles. The van der Waals surface area contributed by atoms with Gasteiger partial charge in [0.1, 0.15) is 16.8 Å². The molecule has 3 aliphatic heterocycles. The van der Waals surface area contributed by atoms with Crippen molar-refractivity contribution in [1.82, 2.24) is 14.7 Å². The summed E-state index contributed by atoms with van der Waals surface area (Å²) in [6, 6.07) is 84.6. The van der Waals surface area contributed by atoms with Crippen molar-refractivity contribution in [2.75, 3.05) is 58.9 Å². The molecule has 0 aromatic heterocycles. The number of likely N-dealkylation sites (tertiary alicyclic amines) is 3. The summed E-state index contributed by atoms with van der Waals surface area (Å²) in [5.41, 5.74) is 8.21. The van der Waals surface area contributed by atoms with Crippen molar-refractivity contribution >= 4 is 11.8 Å². The Kier molecular flexibility index (Phi) is 27.8. The van der Waals surface area contributed by atoms with Crippen LogP contribution in [0.5, 0.6) is 0 Å². The summed E-state index contributed by atoms with van der Waals surface area (Å²) < 4.78 is 0. The first-order valence-electron chi connectivity index (χ1n) is 38.8. The Morgan fingerprint density at radius 3 is 1.01 bits per heavy atom. The van der Waals surface area contributed by atoms with Gasteiger partial charge in [0.25, 0.3) is 0 Å². The zero-order valence-corrected chi connectivity index (χ0v) is 64.1.